The lowest BCUT2D eigenvalue weighted by Crippen LogP contribution is -2.38. The largest absolute Gasteiger partial charge is 0.486 e. The first-order chi connectivity index (χ1) is 16.6. The number of thioether (sulfide) groups is 1. The standard InChI is InChI=1S/C25H24N4O4S/c1-16(18-6-9-21-22(15-18)33-13-12-32-21)27-23(30)17-4-7-19(8-5-17)28-25(31)29-11-14-34-24-20(29)3-2-10-26-24/h2-10,15-16H,11-14H2,1H3,(H,27,30)(H,28,31). The Kier molecular flexibility index (Phi) is 6.27. The zero-order valence-corrected chi connectivity index (χ0v) is 19.4. The summed E-state index contributed by atoms with van der Waals surface area (Å²) in [5, 5.41) is 6.76. The number of hydrogen-bond acceptors (Lipinski definition) is 6. The number of rotatable bonds is 4. The van der Waals surface area contributed by atoms with Gasteiger partial charge >= 0.3 is 6.03 Å². The van der Waals surface area contributed by atoms with Crippen molar-refractivity contribution in [2.45, 2.75) is 18.0 Å². The topological polar surface area (TPSA) is 92.8 Å². The van der Waals surface area contributed by atoms with E-state index in [0.717, 1.165) is 22.0 Å². The molecule has 3 heterocycles. The van der Waals surface area contributed by atoms with Crippen molar-refractivity contribution in [1.29, 1.82) is 0 Å². The molecule has 1 atom stereocenters. The summed E-state index contributed by atoms with van der Waals surface area (Å²) in [5.74, 6) is 2.00. The smallest absolute Gasteiger partial charge is 0.326 e. The Balaban J connectivity index is 1.21. The Morgan fingerprint density at radius 3 is 2.68 bits per heavy atom. The van der Waals surface area contributed by atoms with Crippen LogP contribution in [0.4, 0.5) is 16.2 Å². The van der Waals surface area contributed by atoms with Gasteiger partial charge in [-0.15, -0.1) is 11.8 Å². The summed E-state index contributed by atoms with van der Waals surface area (Å²) < 4.78 is 11.2. The highest BCUT2D eigenvalue weighted by Gasteiger charge is 2.24. The number of urea groups is 1. The fraction of sp³-hybridized carbons (Fsp3) is 0.240. The van der Waals surface area contributed by atoms with E-state index in [2.05, 4.69) is 15.6 Å². The van der Waals surface area contributed by atoms with E-state index in [4.69, 9.17) is 9.47 Å². The number of nitrogens with zero attached hydrogens (tertiary/aromatic N) is 2. The number of pyridine rings is 1. The van der Waals surface area contributed by atoms with Crippen LogP contribution in [0.25, 0.3) is 0 Å². The molecule has 2 aromatic carbocycles. The van der Waals surface area contributed by atoms with E-state index in [0.29, 0.717) is 42.5 Å². The molecule has 2 aliphatic rings. The summed E-state index contributed by atoms with van der Waals surface area (Å²) >= 11 is 1.64. The number of carbonyl (C=O) groups excluding carboxylic acids is 2. The van der Waals surface area contributed by atoms with Crippen LogP contribution in [0.5, 0.6) is 11.5 Å². The van der Waals surface area contributed by atoms with E-state index in [1.807, 2.05) is 37.3 Å². The van der Waals surface area contributed by atoms with E-state index >= 15 is 0 Å². The third-order valence-electron chi connectivity index (χ3n) is 5.65. The van der Waals surface area contributed by atoms with Gasteiger partial charge < -0.3 is 20.1 Å². The number of carbonyl (C=O) groups is 2. The van der Waals surface area contributed by atoms with Crippen LogP contribution in [0.1, 0.15) is 28.9 Å². The van der Waals surface area contributed by atoms with Gasteiger partial charge in [-0.2, -0.15) is 0 Å². The lowest BCUT2D eigenvalue weighted by Gasteiger charge is -2.28. The molecular weight excluding hydrogens is 452 g/mol. The highest BCUT2D eigenvalue weighted by molar-refractivity contribution is 7.99. The quantitative estimate of drug-likeness (QED) is 0.577. The van der Waals surface area contributed by atoms with Gasteiger partial charge in [0.25, 0.3) is 5.91 Å². The maximum absolute atomic E-state index is 12.8. The molecule has 9 heteroatoms. The first-order valence-electron chi connectivity index (χ1n) is 11.1. The van der Waals surface area contributed by atoms with Gasteiger partial charge in [-0.3, -0.25) is 9.69 Å². The van der Waals surface area contributed by atoms with Crippen molar-refractivity contribution < 1.29 is 19.1 Å². The van der Waals surface area contributed by atoms with E-state index < -0.39 is 0 Å². The van der Waals surface area contributed by atoms with Crippen LogP contribution in [0, 0.1) is 0 Å². The van der Waals surface area contributed by atoms with Gasteiger partial charge in [-0.25, -0.2) is 9.78 Å². The van der Waals surface area contributed by atoms with E-state index in [9.17, 15) is 9.59 Å². The molecule has 3 amide bonds. The van der Waals surface area contributed by atoms with Gasteiger partial charge in [0.2, 0.25) is 0 Å². The van der Waals surface area contributed by atoms with Gasteiger partial charge in [0.05, 0.1) is 11.7 Å². The second-order valence-corrected chi connectivity index (χ2v) is 9.02. The molecule has 34 heavy (non-hydrogen) atoms. The predicted molar refractivity (Wildman–Crippen MR) is 131 cm³/mol. The fourth-order valence-electron chi connectivity index (χ4n) is 3.85. The average molecular weight is 477 g/mol. The Morgan fingerprint density at radius 2 is 1.85 bits per heavy atom. The van der Waals surface area contributed by atoms with Crippen molar-refractivity contribution in [2.24, 2.45) is 0 Å². The van der Waals surface area contributed by atoms with Gasteiger partial charge in [0.15, 0.2) is 11.5 Å². The van der Waals surface area contributed by atoms with Crippen molar-refractivity contribution in [1.82, 2.24) is 10.3 Å². The highest BCUT2D eigenvalue weighted by Crippen LogP contribution is 2.33. The zero-order chi connectivity index (χ0) is 23.5. The molecule has 0 bridgehead atoms. The second-order valence-electron chi connectivity index (χ2n) is 7.93. The van der Waals surface area contributed by atoms with Crippen LogP contribution in [0.15, 0.2) is 65.8 Å². The number of hydrogen-bond donors (Lipinski definition) is 2. The summed E-state index contributed by atoms with van der Waals surface area (Å²) in [7, 11) is 0. The Hall–Kier alpha value is -3.72. The van der Waals surface area contributed by atoms with Gasteiger partial charge in [0, 0.05) is 29.7 Å². The number of ether oxygens (including phenoxy) is 2. The maximum atomic E-state index is 12.8. The monoisotopic (exact) mass is 476 g/mol. The van der Waals surface area contributed by atoms with Gasteiger partial charge in [0.1, 0.15) is 18.2 Å². The van der Waals surface area contributed by atoms with Gasteiger partial charge in [-0.1, -0.05) is 6.07 Å². The molecule has 1 aromatic heterocycles. The summed E-state index contributed by atoms with van der Waals surface area (Å²) in [4.78, 5) is 31.6. The summed E-state index contributed by atoms with van der Waals surface area (Å²) in [6, 6.07) is 15.8. The molecule has 2 aliphatic heterocycles. The van der Waals surface area contributed by atoms with Crippen LogP contribution in [0.2, 0.25) is 0 Å². The molecule has 3 aromatic rings. The summed E-state index contributed by atoms with van der Waals surface area (Å²) in [6.07, 6.45) is 1.73. The number of aromatic nitrogens is 1. The molecule has 1 unspecified atom stereocenters. The number of nitrogens with one attached hydrogen (secondary N) is 2. The SMILES string of the molecule is CC(NC(=O)c1ccc(NC(=O)N2CCSc3ncccc32)cc1)c1ccc2c(c1)OCCO2. The number of fused-ring (bicyclic) bond motifs is 2. The number of anilines is 2. The summed E-state index contributed by atoms with van der Waals surface area (Å²) in [5.41, 5.74) is 2.85. The Morgan fingerprint density at radius 1 is 1.06 bits per heavy atom. The lowest BCUT2D eigenvalue weighted by atomic mass is 10.1. The first-order valence-corrected chi connectivity index (χ1v) is 12.0. The molecule has 0 spiro atoms. The van der Waals surface area contributed by atoms with Crippen LogP contribution in [0.3, 0.4) is 0 Å². The molecule has 5 rings (SSSR count). The van der Waals surface area contributed by atoms with Crippen LogP contribution in [-0.2, 0) is 0 Å². The molecule has 0 aliphatic carbocycles. The average Bonchev–Trinajstić information content (AvgIpc) is 2.88. The van der Waals surface area contributed by atoms with E-state index in [1.54, 1.807) is 47.1 Å². The van der Waals surface area contributed by atoms with Crippen molar-refractivity contribution in [3.8, 4) is 11.5 Å². The number of amides is 3. The van der Waals surface area contributed by atoms with Crippen LogP contribution < -0.4 is 25.0 Å². The maximum Gasteiger partial charge on any atom is 0.326 e. The minimum Gasteiger partial charge on any atom is -0.486 e. The zero-order valence-electron chi connectivity index (χ0n) is 18.6. The Labute approximate surface area is 201 Å². The second kappa shape index (κ2) is 9.64. The highest BCUT2D eigenvalue weighted by atomic mass is 32.2. The predicted octanol–water partition coefficient (Wildman–Crippen LogP) is 4.49. The van der Waals surface area contributed by atoms with E-state index in [-0.39, 0.29) is 18.0 Å². The molecule has 0 radical (unpaired) electrons. The molecular formula is C25H24N4O4S. The molecule has 174 valence electrons. The molecule has 0 saturated heterocycles. The Bertz CT molecular complexity index is 1220. The molecule has 2 N–H and O–H groups in total. The minimum atomic E-state index is -0.223. The van der Waals surface area contributed by atoms with Crippen molar-refractivity contribution in [3.05, 3.63) is 71.9 Å². The third-order valence-corrected chi connectivity index (χ3v) is 6.63. The fourth-order valence-corrected chi connectivity index (χ4v) is 4.78. The van der Waals surface area contributed by atoms with Crippen molar-refractivity contribution in [3.63, 3.8) is 0 Å². The van der Waals surface area contributed by atoms with Gasteiger partial charge in [-0.05, 0) is 61.0 Å². The van der Waals surface area contributed by atoms with Crippen molar-refractivity contribution >= 4 is 35.1 Å². The van der Waals surface area contributed by atoms with E-state index in [1.165, 1.54) is 0 Å². The molecule has 8 nitrogen and oxygen atoms in total. The molecule has 0 saturated carbocycles. The lowest BCUT2D eigenvalue weighted by molar-refractivity contribution is 0.0939. The molecule has 0 fully saturated rings. The van der Waals surface area contributed by atoms with Crippen LogP contribution in [-0.4, -0.2) is 42.4 Å². The number of benzene rings is 2. The van der Waals surface area contributed by atoms with Crippen molar-refractivity contribution in [2.75, 3.05) is 35.7 Å². The minimum absolute atomic E-state index is 0.201. The summed E-state index contributed by atoms with van der Waals surface area (Å²) in [6.45, 7) is 3.58. The normalized spacial score (nSPS) is 15.1. The third kappa shape index (κ3) is 4.65. The first kappa shape index (κ1) is 22.1. The van der Waals surface area contributed by atoms with Crippen LogP contribution >= 0.6 is 11.8 Å².